The first-order chi connectivity index (χ1) is 14.4. The Hall–Kier alpha value is -0.867. The van der Waals surface area contributed by atoms with E-state index in [0.29, 0.717) is 0 Å². The molecule has 0 spiro atoms. The van der Waals surface area contributed by atoms with Crippen LogP contribution in [0.2, 0.25) is 11.5 Å². The molecule has 0 fully saturated rings. The van der Waals surface area contributed by atoms with Crippen molar-refractivity contribution in [2.75, 3.05) is 0 Å². The summed E-state index contributed by atoms with van der Waals surface area (Å²) < 4.78 is 0. The van der Waals surface area contributed by atoms with Crippen LogP contribution in [0.4, 0.5) is 0 Å². The number of rotatable bonds is 2. The molecular formula is C26H28Cl2GeHf-2. The van der Waals surface area contributed by atoms with Crippen LogP contribution in [0.15, 0.2) is 97.1 Å². The molecule has 4 aromatic rings. The fourth-order valence-electron chi connectivity index (χ4n) is 2.75. The summed E-state index contributed by atoms with van der Waals surface area (Å²) in [5.74, 6) is 4.48. The Bertz CT molecular complexity index is 953. The number of hydrogen-bond acceptors (Lipinski definition) is 0. The fourth-order valence-corrected chi connectivity index (χ4v) is 2.75. The van der Waals surface area contributed by atoms with Gasteiger partial charge in [-0.3, -0.25) is 0 Å². The summed E-state index contributed by atoms with van der Waals surface area (Å²) in [7, 11) is 10.6. The van der Waals surface area contributed by atoms with E-state index >= 15 is 0 Å². The van der Waals surface area contributed by atoms with Crippen molar-refractivity contribution >= 4 is 27.2 Å². The molecular weight excluding hydrogens is 634 g/mol. The second kappa shape index (κ2) is 13.5. The molecule has 0 N–H and O–H groups in total. The predicted molar refractivity (Wildman–Crippen MR) is 134 cm³/mol. The van der Waals surface area contributed by atoms with Crippen molar-refractivity contribution in [2.45, 2.75) is 25.4 Å². The molecule has 0 saturated carbocycles. The second-order valence-corrected chi connectivity index (χ2v) is 59.3. The molecule has 0 saturated heterocycles. The van der Waals surface area contributed by atoms with Crippen LogP contribution in [0.25, 0.3) is 22.3 Å². The maximum absolute atomic E-state index is 5.67. The third kappa shape index (κ3) is 9.10. The summed E-state index contributed by atoms with van der Waals surface area (Å²) >= 11 is -1.72. The van der Waals surface area contributed by atoms with E-state index in [2.05, 4.69) is 110 Å². The molecule has 0 aliphatic rings. The Morgan fingerprint density at radius 3 is 1.20 bits per heavy atom. The zero-order valence-corrected chi connectivity index (χ0v) is 25.2. The molecule has 0 bridgehead atoms. The molecule has 0 nitrogen and oxygen atoms in total. The molecule has 0 radical (unpaired) electrons. The molecule has 0 atom stereocenters. The molecule has 0 amide bonds. The average Bonchev–Trinajstić information content (AvgIpc) is 3.39. The molecule has 30 heavy (non-hydrogen) atoms. The van der Waals surface area contributed by atoms with Crippen molar-refractivity contribution in [1.82, 2.24) is 0 Å². The number of aryl methyl sites for hydroxylation is 2. The third-order valence-electron chi connectivity index (χ3n) is 4.41. The summed E-state index contributed by atoms with van der Waals surface area (Å²) in [4.78, 5) is 0. The van der Waals surface area contributed by atoms with E-state index in [0.717, 1.165) is 0 Å². The summed E-state index contributed by atoms with van der Waals surface area (Å²) in [5.41, 5.74) is 7.88. The zero-order valence-electron chi connectivity index (χ0n) is 18.0. The Balaban J connectivity index is 0.000000171. The van der Waals surface area contributed by atoms with Crippen molar-refractivity contribution in [3.63, 3.8) is 0 Å². The van der Waals surface area contributed by atoms with E-state index in [1.165, 1.54) is 33.4 Å². The van der Waals surface area contributed by atoms with Gasteiger partial charge in [0.1, 0.15) is 0 Å². The Morgan fingerprint density at radius 2 is 0.967 bits per heavy atom. The topological polar surface area (TPSA) is 0 Å². The predicted octanol–water partition coefficient (Wildman–Crippen LogP) is 8.93. The summed E-state index contributed by atoms with van der Waals surface area (Å²) in [6.07, 6.45) is 0. The average molecular weight is 663 g/mol. The van der Waals surface area contributed by atoms with Gasteiger partial charge in [0.05, 0.1) is 0 Å². The quantitative estimate of drug-likeness (QED) is 0.149. The molecule has 0 aromatic heterocycles. The number of benzene rings is 2. The monoisotopic (exact) mass is 664 g/mol. The first-order valence-electron chi connectivity index (χ1n) is 9.93. The summed E-state index contributed by atoms with van der Waals surface area (Å²) in [6, 6.07) is 33.9. The molecule has 4 aromatic carbocycles. The first-order valence-corrected chi connectivity index (χ1v) is 33.4. The van der Waals surface area contributed by atoms with Gasteiger partial charge >= 0.3 is 54.7 Å². The van der Waals surface area contributed by atoms with E-state index < -0.39 is 26.0 Å². The van der Waals surface area contributed by atoms with E-state index in [1.54, 1.807) is 0 Å². The van der Waals surface area contributed by atoms with E-state index in [4.69, 9.17) is 17.2 Å². The van der Waals surface area contributed by atoms with Crippen molar-refractivity contribution in [3.8, 4) is 22.3 Å². The minimum atomic E-state index is -1.72. The molecule has 156 valence electrons. The van der Waals surface area contributed by atoms with Crippen LogP contribution < -0.4 is 0 Å². The van der Waals surface area contributed by atoms with Gasteiger partial charge in [0.25, 0.3) is 0 Å². The molecule has 0 unspecified atom stereocenters. The van der Waals surface area contributed by atoms with Gasteiger partial charge in [-0.05, 0) is 0 Å². The van der Waals surface area contributed by atoms with E-state index in [1.807, 2.05) is 12.1 Å². The van der Waals surface area contributed by atoms with Crippen LogP contribution >= 0.6 is 17.2 Å². The standard InChI is InChI=1S/2C12H11.C2H6Ge.2ClH.Hf/c2*1-10-7-8-12(9-10)11-5-3-2-4-6-11;1-3-2;;;/h2*2-9H,1H3;1-2H3;2*1H;/q2*-1;;;;+2/p-2. The van der Waals surface area contributed by atoms with Gasteiger partial charge in [-0.2, -0.15) is 46.5 Å². The second-order valence-electron chi connectivity index (χ2n) is 7.35. The fraction of sp³-hybridized carbons (Fsp3) is 0.154. The first kappa shape index (κ1) is 25.4. The van der Waals surface area contributed by atoms with Crippen LogP contribution in [-0.4, -0.2) is 10.1 Å². The molecule has 0 heterocycles. The van der Waals surface area contributed by atoms with Crippen LogP contribution in [0.3, 0.4) is 0 Å². The molecule has 0 aliphatic heterocycles. The normalized spacial score (nSPS) is 9.67. The minimum absolute atomic E-state index is 0.719. The van der Waals surface area contributed by atoms with Crippen molar-refractivity contribution in [2.24, 2.45) is 0 Å². The molecule has 4 heteroatoms. The van der Waals surface area contributed by atoms with Crippen LogP contribution in [0.1, 0.15) is 11.1 Å². The Morgan fingerprint density at radius 1 is 0.633 bits per heavy atom. The van der Waals surface area contributed by atoms with Gasteiger partial charge in [-0.25, -0.2) is 12.1 Å². The van der Waals surface area contributed by atoms with Gasteiger partial charge in [-0.1, -0.05) is 85.6 Å². The third-order valence-corrected chi connectivity index (χ3v) is 52.3. The van der Waals surface area contributed by atoms with Gasteiger partial charge in [0.15, 0.2) is 0 Å². The van der Waals surface area contributed by atoms with Crippen LogP contribution in [0, 0.1) is 13.8 Å². The zero-order chi connectivity index (χ0) is 21.9. The molecule has 4 rings (SSSR count). The van der Waals surface area contributed by atoms with Crippen LogP contribution in [-0.2, 0) is 16.0 Å². The summed E-state index contributed by atoms with van der Waals surface area (Å²) in [5, 5.41) is 0. The van der Waals surface area contributed by atoms with Crippen LogP contribution in [0.5, 0.6) is 0 Å². The van der Waals surface area contributed by atoms with Gasteiger partial charge in [0.2, 0.25) is 0 Å². The van der Waals surface area contributed by atoms with E-state index in [9.17, 15) is 0 Å². The van der Waals surface area contributed by atoms with Crippen molar-refractivity contribution in [1.29, 1.82) is 0 Å². The maximum atomic E-state index is 5.67. The van der Waals surface area contributed by atoms with Crippen molar-refractivity contribution in [3.05, 3.63) is 108 Å². The SMILES string of the molecule is Cc1cc(-c2ccccc2)c[cH-]1.Cc1cc(-c2ccccc2)c[cH-]1.[CH3][Ge]([CH3])=[Hf]([Cl])[Cl]. The number of hydrogen-bond donors (Lipinski definition) is 0. The Kier molecular flexibility index (Phi) is 11.4. The van der Waals surface area contributed by atoms with Gasteiger partial charge in [-0.15, -0.1) is 0 Å². The van der Waals surface area contributed by atoms with Crippen molar-refractivity contribution < 1.29 is 16.0 Å². The van der Waals surface area contributed by atoms with E-state index in [-0.39, 0.29) is 0 Å². The molecule has 0 aliphatic carbocycles. The van der Waals surface area contributed by atoms with Gasteiger partial charge in [0, 0.05) is 0 Å². The summed E-state index contributed by atoms with van der Waals surface area (Å²) in [6.45, 7) is 4.24. The van der Waals surface area contributed by atoms with Gasteiger partial charge < -0.3 is 0 Å². The number of halogens is 2. The Labute approximate surface area is 197 Å².